The third-order valence-electron chi connectivity index (χ3n) is 3.14. The summed E-state index contributed by atoms with van der Waals surface area (Å²) in [6.45, 7) is 0. The number of pyridine rings is 1. The Bertz CT molecular complexity index is 671. The number of carbonyl (C=O) groups is 1. The average Bonchev–Trinajstić information content (AvgIpc) is 3.31. The summed E-state index contributed by atoms with van der Waals surface area (Å²) in [6, 6.07) is 3.43. The van der Waals surface area contributed by atoms with E-state index in [0.717, 1.165) is 12.8 Å². The minimum atomic E-state index is -0.508. The molecule has 1 saturated carbocycles. The van der Waals surface area contributed by atoms with E-state index in [1.165, 1.54) is 7.11 Å². The molecule has 2 heterocycles. The maximum atomic E-state index is 11.9. The smallest absolute Gasteiger partial charge is 0.357 e. The summed E-state index contributed by atoms with van der Waals surface area (Å²) < 4.78 is 4.79. The lowest BCUT2D eigenvalue weighted by Gasteiger charge is -2.09. The van der Waals surface area contributed by atoms with Crippen molar-refractivity contribution in [3.05, 3.63) is 41.1 Å². The molecule has 0 amide bonds. The predicted octanol–water partition coefficient (Wildman–Crippen LogP) is 2.86. The Kier molecular flexibility index (Phi) is 3.36. The number of halogens is 1. The topological polar surface area (TPSA) is 65.0 Å². The molecule has 0 spiro atoms. The van der Waals surface area contributed by atoms with Gasteiger partial charge >= 0.3 is 5.97 Å². The summed E-state index contributed by atoms with van der Waals surface area (Å²) in [5, 5.41) is 0.445. The van der Waals surface area contributed by atoms with Crippen molar-refractivity contribution in [2.75, 3.05) is 7.11 Å². The Morgan fingerprint density at radius 1 is 1.40 bits per heavy atom. The monoisotopic (exact) mass is 289 g/mol. The molecular formula is C14H12ClN3O2. The minimum Gasteiger partial charge on any atom is -0.464 e. The van der Waals surface area contributed by atoms with Crippen LogP contribution in [0.5, 0.6) is 0 Å². The third-order valence-corrected chi connectivity index (χ3v) is 3.45. The molecule has 3 rings (SSSR count). The summed E-state index contributed by atoms with van der Waals surface area (Å²) in [5.74, 6) is 0.527. The van der Waals surface area contributed by atoms with Crippen LogP contribution in [-0.4, -0.2) is 28.0 Å². The van der Waals surface area contributed by atoms with Gasteiger partial charge < -0.3 is 4.74 Å². The van der Waals surface area contributed by atoms with Gasteiger partial charge in [0.2, 0.25) is 0 Å². The molecule has 2 aromatic rings. The number of aromatic nitrogens is 3. The van der Waals surface area contributed by atoms with E-state index in [1.54, 1.807) is 24.5 Å². The molecule has 20 heavy (non-hydrogen) atoms. The molecule has 0 bridgehead atoms. The van der Waals surface area contributed by atoms with Crippen LogP contribution in [0.25, 0.3) is 11.3 Å². The van der Waals surface area contributed by atoms with Gasteiger partial charge in [0.15, 0.2) is 5.69 Å². The van der Waals surface area contributed by atoms with Gasteiger partial charge in [0.1, 0.15) is 5.82 Å². The molecule has 0 atom stereocenters. The Balaban J connectivity index is 2.14. The summed E-state index contributed by atoms with van der Waals surface area (Å²) >= 11 is 6.12. The van der Waals surface area contributed by atoms with E-state index in [9.17, 15) is 4.79 Å². The van der Waals surface area contributed by atoms with Gasteiger partial charge in [-0.2, -0.15) is 0 Å². The van der Waals surface area contributed by atoms with Gasteiger partial charge in [-0.05, 0) is 25.0 Å². The van der Waals surface area contributed by atoms with Crippen molar-refractivity contribution in [1.82, 2.24) is 15.0 Å². The summed E-state index contributed by atoms with van der Waals surface area (Å²) in [7, 11) is 1.32. The number of hydrogen-bond acceptors (Lipinski definition) is 5. The van der Waals surface area contributed by atoms with Crippen LogP contribution in [0, 0.1) is 0 Å². The van der Waals surface area contributed by atoms with Gasteiger partial charge in [-0.3, -0.25) is 4.98 Å². The zero-order chi connectivity index (χ0) is 14.1. The van der Waals surface area contributed by atoms with Crippen molar-refractivity contribution < 1.29 is 9.53 Å². The Hall–Kier alpha value is -2.01. The number of carbonyl (C=O) groups excluding carboxylic acids is 1. The molecular weight excluding hydrogens is 278 g/mol. The largest absolute Gasteiger partial charge is 0.464 e. The second-order valence-electron chi connectivity index (χ2n) is 4.59. The lowest BCUT2D eigenvalue weighted by Crippen LogP contribution is -2.10. The van der Waals surface area contributed by atoms with Gasteiger partial charge in [0, 0.05) is 18.3 Å². The van der Waals surface area contributed by atoms with Gasteiger partial charge in [0.25, 0.3) is 0 Å². The van der Waals surface area contributed by atoms with Gasteiger partial charge in [-0.15, -0.1) is 0 Å². The van der Waals surface area contributed by atoms with Crippen molar-refractivity contribution in [3.8, 4) is 11.3 Å². The summed E-state index contributed by atoms with van der Waals surface area (Å²) in [6.07, 6.45) is 5.33. The van der Waals surface area contributed by atoms with Gasteiger partial charge in [-0.25, -0.2) is 14.8 Å². The standard InChI is InChI=1S/C14H12ClN3O2/c1-20-14(19)12-9(11-10(15)3-2-6-16-11)7-17-13(18-12)8-4-5-8/h2-3,6-8H,4-5H2,1H3. The molecule has 0 aliphatic heterocycles. The molecule has 1 fully saturated rings. The highest BCUT2D eigenvalue weighted by Gasteiger charge is 2.29. The SMILES string of the molecule is COC(=O)c1nc(C2CC2)ncc1-c1ncccc1Cl. The van der Waals surface area contributed by atoms with Crippen LogP contribution in [0.15, 0.2) is 24.5 Å². The van der Waals surface area contributed by atoms with Crippen molar-refractivity contribution >= 4 is 17.6 Å². The number of ether oxygens (including phenoxy) is 1. The third kappa shape index (κ3) is 2.36. The van der Waals surface area contributed by atoms with Crippen LogP contribution < -0.4 is 0 Å². The van der Waals surface area contributed by atoms with Gasteiger partial charge in [0.05, 0.1) is 23.4 Å². The number of hydrogen-bond donors (Lipinski definition) is 0. The van der Waals surface area contributed by atoms with E-state index in [1.807, 2.05) is 0 Å². The van der Waals surface area contributed by atoms with Crippen LogP contribution in [0.1, 0.15) is 35.1 Å². The molecule has 0 unspecified atom stereocenters. The molecule has 1 aliphatic rings. The zero-order valence-electron chi connectivity index (χ0n) is 10.8. The second kappa shape index (κ2) is 5.17. The van der Waals surface area contributed by atoms with Crippen LogP contribution in [0.4, 0.5) is 0 Å². The Morgan fingerprint density at radius 3 is 2.85 bits per heavy atom. The van der Waals surface area contributed by atoms with Crippen molar-refractivity contribution in [3.63, 3.8) is 0 Å². The molecule has 0 aromatic carbocycles. The fourth-order valence-electron chi connectivity index (χ4n) is 1.94. The molecule has 0 radical (unpaired) electrons. The number of nitrogens with zero attached hydrogens (tertiary/aromatic N) is 3. The van der Waals surface area contributed by atoms with E-state index >= 15 is 0 Å². The fraction of sp³-hybridized carbons (Fsp3) is 0.286. The van der Waals surface area contributed by atoms with Crippen LogP contribution in [0.3, 0.4) is 0 Å². The molecule has 0 saturated heterocycles. The lowest BCUT2D eigenvalue weighted by molar-refractivity contribution is 0.0594. The summed E-state index contributed by atoms with van der Waals surface area (Å²) in [5.41, 5.74) is 1.19. The fourth-order valence-corrected chi connectivity index (χ4v) is 2.17. The van der Waals surface area contributed by atoms with Crippen molar-refractivity contribution in [2.24, 2.45) is 0 Å². The molecule has 102 valence electrons. The van der Waals surface area contributed by atoms with E-state index in [2.05, 4.69) is 15.0 Å². The van der Waals surface area contributed by atoms with E-state index in [4.69, 9.17) is 16.3 Å². The Labute approximate surface area is 121 Å². The highest BCUT2D eigenvalue weighted by molar-refractivity contribution is 6.33. The van der Waals surface area contributed by atoms with E-state index in [0.29, 0.717) is 28.0 Å². The Morgan fingerprint density at radius 2 is 2.20 bits per heavy atom. The molecule has 0 N–H and O–H groups in total. The molecule has 1 aliphatic carbocycles. The van der Waals surface area contributed by atoms with Crippen LogP contribution in [0.2, 0.25) is 5.02 Å². The zero-order valence-corrected chi connectivity index (χ0v) is 11.6. The second-order valence-corrected chi connectivity index (χ2v) is 5.00. The first-order valence-corrected chi connectivity index (χ1v) is 6.64. The average molecular weight is 290 g/mol. The predicted molar refractivity (Wildman–Crippen MR) is 73.6 cm³/mol. The first-order chi connectivity index (χ1) is 9.70. The van der Waals surface area contributed by atoms with Gasteiger partial charge in [-0.1, -0.05) is 11.6 Å². The highest BCUT2D eigenvalue weighted by Crippen LogP contribution is 2.39. The van der Waals surface area contributed by atoms with E-state index in [-0.39, 0.29) is 5.69 Å². The van der Waals surface area contributed by atoms with Crippen LogP contribution in [-0.2, 0) is 4.74 Å². The maximum Gasteiger partial charge on any atom is 0.357 e. The maximum absolute atomic E-state index is 11.9. The molecule has 2 aromatic heterocycles. The quantitative estimate of drug-likeness (QED) is 0.813. The minimum absolute atomic E-state index is 0.213. The molecule has 5 nitrogen and oxygen atoms in total. The summed E-state index contributed by atoms with van der Waals surface area (Å²) in [4.78, 5) is 24.8. The van der Waals surface area contributed by atoms with E-state index < -0.39 is 5.97 Å². The lowest BCUT2D eigenvalue weighted by atomic mass is 10.1. The number of rotatable bonds is 3. The first-order valence-electron chi connectivity index (χ1n) is 6.27. The van der Waals surface area contributed by atoms with Crippen LogP contribution >= 0.6 is 11.6 Å². The highest BCUT2D eigenvalue weighted by atomic mass is 35.5. The van der Waals surface area contributed by atoms with Crippen molar-refractivity contribution in [1.29, 1.82) is 0 Å². The molecule has 6 heteroatoms. The first kappa shape index (κ1) is 13.0. The number of esters is 1. The van der Waals surface area contributed by atoms with Crippen molar-refractivity contribution in [2.45, 2.75) is 18.8 Å². The number of methoxy groups -OCH3 is 1. The normalized spacial score (nSPS) is 14.1.